The van der Waals surface area contributed by atoms with E-state index in [9.17, 15) is 4.39 Å². The molecule has 0 fully saturated rings. The van der Waals surface area contributed by atoms with Crippen LogP contribution in [0.3, 0.4) is 0 Å². The van der Waals surface area contributed by atoms with Gasteiger partial charge in [0.25, 0.3) is 0 Å². The van der Waals surface area contributed by atoms with Crippen LogP contribution in [0.4, 0.5) is 4.39 Å². The van der Waals surface area contributed by atoms with Crippen LogP contribution in [0.1, 0.15) is 25.3 Å². The van der Waals surface area contributed by atoms with Gasteiger partial charge in [0.2, 0.25) is 11.7 Å². The predicted octanol–water partition coefficient (Wildman–Crippen LogP) is 2.10. The highest BCUT2D eigenvalue weighted by Crippen LogP contribution is 2.23. The molecule has 3 aromatic heterocycles. The standard InChI is InChI=1S/C13H15FN6O/c1-2-11(19-6-4-15-9-19)13-17-12(18-21-13)10-7-16-20(8-10)5-3-14/h4,6-9,11H,2-3,5H2,1H3. The van der Waals surface area contributed by atoms with E-state index in [1.165, 1.54) is 4.68 Å². The summed E-state index contributed by atoms with van der Waals surface area (Å²) in [4.78, 5) is 8.44. The van der Waals surface area contributed by atoms with Gasteiger partial charge in [0, 0.05) is 18.6 Å². The molecule has 110 valence electrons. The lowest BCUT2D eigenvalue weighted by Crippen LogP contribution is -2.07. The smallest absolute Gasteiger partial charge is 0.250 e. The fraction of sp³-hybridized carbons (Fsp3) is 0.385. The molecule has 0 spiro atoms. The first-order valence-corrected chi connectivity index (χ1v) is 6.71. The predicted molar refractivity (Wildman–Crippen MR) is 72.2 cm³/mol. The first-order chi connectivity index (χ1) is 10.3. The first-order valence-electron chi connectivity index (χ1n) is 6.71. The van der Waals surface area contributed by atoms with Crippen LogP contribution in [0.2, 0.25) is 0 Å². The van der Waals surface area contributed by atoms with Gasteiger partial charge >= 0.3 is 0 Å². The van der Waals surface area contributed by atoms with Gasteiger partial charge in [0.05, 0.1) is 24.6 Å². The van der Waals surface area contributed by atoms with E-state index in [0.29, 0.717) is 17.3 Å². The number of aryl methyl sites for hydroxylation is 1. The normalized spacial score (nSPS) is 12.7. The van der Waals surface area contributed by atoms with Gasteiger partial charge < -0.3 is 9.09 Å². The number of imidazole rings is 1. The molecule has 0 saturated carbocycles. The number of nitrogens with zero attached hydrogens (tertiary/aromatic N) is 6. The first kappa shape index (κ1) is 13.5. The monoisotopic (exact) mass is 290 g/mol. The van der Waals surface area contributed by atoms with E-state index in [0.717, 1.165) is 6.42 Å². The lowest BCUT2D eigenvalue weighted by molar-refractivity contribution is 0.332. The molecule has 0 aliphatic carbocycles. The van der Waals surface area contributed by atoms with Gasteiger partial charge in [-0.1, -0.05) is 12.1 Å². The Bertz CT molecular complexity index is 689. The third-order valence-corrected chi connectivity index (χ3v) is 3.20. The highest BCUT2D eigenvalue weighted by atomic mass is 19.1. The van der Waals surface area contributed by atoms with Crippen molar-refractivity contribution in [3.8, 4) is 11.4 Å². The molecule has 3 rings (SSSR count). The average molecular weight is 290 g/mol. The SMILES string of the molecule is CCC(c1nc(-c2cnn(CCF)c2)no1)n1ccnc1. The zero-order chi connectivity index (χ0) is 14.7. The van der Waals surface area contributed by atoms with E-state index in [-0.39, 0.29) is 12.6 Å². The summed E-state index contributed by atoms with van der Waals surface area (Å²) in [5, 5.41) is 8.02. The molecule has 21 heavy (non-hydrogen) atoms. The Balaban J connectivity index is 1.85. The van der Waals surface area contributed by atoms with Crippen molar-refractivity contribution in [2.75, 3.05) is 6.67 Å². The minimum atomic E-state index is -0.461. The van der Waals surface area contributed by atoms with Crippen LogP contribution in [0.5, 0.6) is 0 Å². The fourth-order valence-corrected chi connectivity index (χ4v) is 2.14. The summed E-state index contributed by atoms with van der Waals surface area (Å²) < 4.78 is 21.1. The summed E-state index contributed by atoms with van der Waals surface area (Å²) in [6.45, 7) is 1.79. The molecule has 3 heterocycles. The van der Waals surface area contributed by atoms with Crippen molar-refractivity contribution in [3.05, 3.63) is 37.0 Å². The Labute approximate surface area is 120 Å². The van der Waals surface area contributed by atoms with Crippen LogP contribution in [-0.2, 0) is 6.54 Å². The molecule has 0 N–H and O–H groups in total. The van der Waals surface area contributed by atoms with Crippen molar-refractivity contribution in [1.82, 2.24) is 29.5 Å². The van der Waals surface area contributed by atoms with Crippen molar-refractivity contribution in [1.29, 1.82) is 0 Å². The summed E-state index contributed by atoms with van der Waals surface area (Å²) in [6, 6.07) is -0.0466. The van der Waals surface area contributed by atoms with E-state index < -0.39 is 6.67 Å². The van der Waals surface area contributed by atoms with Crippen LogP contribution in [-0.4, -0.2) is 36.1 Å². The quantitative estimate of drug-likeness (QED) is 0.695. The largest absolute Gasteiger partial charge is 0.337 e. The van der Waals surface area contributed by atoms with Crippen LogP contribution in [0, 0.1) is 0 Å². The summed E-state index contributed by atoms with van der Waals surface area (Å²) in [7, 11) is 0. The number of rotatable bonds is 6. The summed E-state index contributed by atoms with van der Waals surface area (Å²) in [6.07, 6.45) is 9.39. The number of aromatic nitrogens is 6. The van der Waals surface area contributed by atoms with E-state index in [1.54, 1.807) is 24.9 Å². The number of hydrogen-bond donors (Lipinski definition) is 0. The molecule has 0 saturated heterocycles. The second-order valence-electron chi connectivity index (χ2n) is 4.57. The van der Waals surface area contributed by atoms with Crippen molar-refractivity contribution < 1.29 is 8.91 Å². The highest BCUT2D eigenvalue weighted by molar-refractivity contribution is 5.51. The molecular weight excluding hydrogens is 275 g/mol. The topological polar surface area (TPSA) is 74.6 Å². The minimum Gasteiger partial charge on any atom is -0.337 e. The lowest BCUT2D eigenvalue weighted by Gasteiger charge is -2.10. The van der Waals surface area contributed by atoms with Crippen molar-refractivity contribution in [2.45, 2.75) is 25.9 Å². The number of hydrogen-bond acceptors (Lipinski definition) is 5. The summed E-state index contributed by atoms with van der Waals surface area (Å²) >= 11 is 0. The molecule has 0 bridgehead atoms. The Morgan fingerprint density at radius 1 is 1.43 bits per heavy atom. The number of alkyl halides is 1. The zero-order valence-corrected chi connectivity index (χ0v) is 11.6. The molecule has 0 amide bonds. The van der Waals surface area contributed by atoms with Gasteiger partial charge in [-0.2, -0.15) is 10.1 Å². The third kappa shape index (κ3) is 2.69. The van der Waals surface area contributed by atoms with E-state index in [4.69, 9.17) is 4.52 Å². The molecule has 0 aliphatic heterocycles. The van der Waals surface area contributed by atoms with Gasteiger partial charge in [0.1, 0.15) is 12.7 Å². The van der Waals surface area contributed by atoms with Crippen LogP contribution in [0.15, 0.2) is 35.6 Å². The van der Waals surface area contributed by atoms with E-state index in [2.05, 4.69) is 20.2 Å². The number of halogens is 1. The Hall–Kier alpha value is -2.51. The van der Waals surface area contributed by atoms with Crippen molar-refractivity contribution in [3.63, 3.8) is 0 Å². The summed E-state index contributed by atoms with van der Waals surface area (Å²) in [5.41, 5.74) is 0.707. The van der Waals surface area contributed by atoms with Crippen molar-refractivity contribution in [2.24, 2.45) is 0 Å². The maximum absolute atomic E-state index is 12.3. The Kier molecular flexibility index (Phi) is 3.76. The van der Waals surface area contributed by atoms with E-state index in [1.807, 2.05) is 17.7 Å². The molecule has 0 aromatic carbocycles. The maximum atomic E-state index is 12.3. The average Bonchev–Trinajstić information content (AvgIpc) is 3.20. The van der Waals surface area contributed by atoms with Gasteiger partial charge in [-0.25, -0.2) is 9.37 Å². The molecule has 1 atom stereocenters. The summed E-state index contributed by atoms with van der Waals surface area (Å²) in [5.74, 6) is 0.970. The van der Waals surface area contributed by atoms with Gasteiger partial charge in [0.15, 0.2) is 0 Å². The molecular formula is C13H15FN6O. The molecule has 7 nitrogen and oxygen atoms in total. The Morgan fingerprint density at radius 3 is 3.05 bits per heavy atom. The van der Waals surface area contributed by atoms with Crippen LogP contribution < -0.4 is 0 Å². The molecule has 1 unspecified atom stereocenters. The molecule has 0 radical (unpaired) electrons. The van der Waals surface area contributed by atoms with Crippen molar-refractivity contribution >= 4 is 0 Å². The lowest BCUT2D eigenvalue weighted by atomic mass is 10.2. The van der Waals surface area contributed by atoms with E-state index >= 15 is 0 Å². The molecule has 3 aromatic rings. The van der Waals surface area contributed by atoms with Gasteiger partial charge in [-0.15, -0.1) is 0 Å². The second kappa shape index (κ2) is 5.86. The molecule has 0 aliphatic rings. The van der Waals surface area contributed by atoms with Crippen LogP contribution in [0.25, 0.3) is 11.4 Å². The Morgan fingerprint density at radius 2 is 2.33 bits per heavy atom. The molecule has 8 heteroatoms. The fourth-order valence-electron chi connectivity index (χ4n) is 2.14. The minimum absolute atomic E-state index is 0.0466. The van der Waals surface area contributed by atoms with Crippen LogP contribution >= 0.6 is 0 Å². The van der Waals surface area contributed by atoms with Gasteiger partial charge in [-0.3, -0.25) is 4.68 Å². The zero-order valence-electron chi connectivity index (χ0n) is 11.6. The van der Waals surface area contributed by atoms with Gasteiger partial charge in [-0.05, 0) is 6.42 Å². The maximum Gasteiger partial charge on any atom is 0.250 e. The second-order valence-corrected chi connectivity index (χ2v) is 4.57. The highest BCUT2D eigenvalue weighted by Gasteiger charge is 2.19. The third-order valence-electron chi connectivity index (χ3n) is 3.20.